The van der Waals surface area contributed by atoms with E-state index in [-0.39, 0.29) is 88.7 Å². The van der Waals surface area contributed by atoms with Crippen molar-refractivity contribution in [3.8, 4) is 0 Å². The molecule has 0 aromatic rings. The zero-order valence-corrected chi connectivity index (χ0v) is 16.0. The zero-order valence-electron chi connectivity index (χ0n) is 7.31. The maximum Gasteiger partial charge on any atom is 0.119 e. The van der Waals surface area contributed by atoms with Gasteiger partial charge in [-0.1, -0.05) is 0 Å². The third-order valence-electron chi connectivity index (χ3n) is 0.678. The number of hydrogen-bond acceptors (Lipinski definition) is 5. The number of nitrogens with zero attached hydrogens (tertiary/aromatic N) is 2. The second-order valence-corrected chi connectivity index (χ2v) is 2.71. The molecule has 0 amide bonds. The van der Waals surface area contributed by atoms with Gasteiger partial charge in [0.1, 0.15) is 5.04 Å². The van der Waals surface area contributed by atoms with Crippen molar-refractivity contribution in [3.63, 3.8) is 0 Å². The Labute approximate surface area is 155 Å². The summed E-state index contributed by atoms with van der Waals surface area (Å²) in [5.41, 5.74) is 2.70. The van der Waals surface area contributed by atoms with Crippen LogP contribution in [0.25, 0.3) is 0 Å². The van der Waals surface area contributed by atoms with Crippen LogP contribution in [0.4, 0.5) is 0 Å². The largest absolute Gasteiger partial charge is 0.266 e. The van der Waals surface area contributed by atoms with E-state index in [1.807, 2.05) is 0 Å². The number of rotatable bonds is 0. The molecule has 0 aliphatic carbocycles. The van der Waals surface area contributed by atoms with Crippen LogP contribution in [0.15, 0.2) is 16.2 Å². The van der Waals surface area contributed by atoms with Gasteiger partial charge < -0.3 is 0 Å². The van der Waals surface area contributed by atoms with Gasteiger partial charge in [0, 0.05) is 94.7 Å². The maximum atomic E-state index is 4.01. The molecule has 12 heavy (non-hydrogen) atoms. The van der Waals surface area contributed by atoms with Gasteiger partial charge in [-0.05, 0) is 12.8 Å². The minimum absolute atomic E-state index is 0. The normalized spacial score (nSPS) is 13.8. The fraction of sp³-hybridized carbons (Fsp3) is 0. The van der Waals surface area contributed by atoms with E-state index in [0.717, 1.165) is 0 Å². The molecule has 1 heterocycles. The van der Waals surface area contributed by atoms with Crippen molar-refractivity contribution >= 4 is 132 Å². The summed E-state index contributed by atoms with van der Waals surface area (Å²) in [6.45, 7) is 0. The van der Waals surface area contributed by atoms with Gasteiger partial charge in [-0.15, -0.1) is 34.9 Å². The van der Waals surface area contributed by atoms with Crippen LogP contribution in [0, 0.1) is 0 Å². The Kier molecular flexibility index (Phi) is 18.0. The molecular weight excluding hydrogens is 243 g/mol. The molecule has 0 saturated carbocycles. The molecule has 3 nitrogen and oxygen atoms in total. The van der Waals surface area contributed by atoms with E-state index >= 15 is 0 Å². The molecule has 0 fully saturated rings. The fourth-order valence-corrected chi connectivity index (χ4v) is 1.30. The average Bonchev–Trinajstić information content (AvgIpc) is 1.59. The van der Waals surface area contributed by atoms with Crippen LogP contribution >= 0.6 is 38.1 Å². The molecule has 0 atom stereocenters. The summed E-state index contributed by atoms with van der Waals surface area (Å²) in [5.74, 6) is 0. The summed E-state index contributed by atoms with van der Waals surface area (Å²) < 4.78 is 1.24. The van der Waals surface area contributed by atoms with Gasteiger partial charge in [0.25, 0.3) is 0 Å². The van der Waals surface area contributed by atoms with Gasteiger partial charge in [0.15, 0.2) is 0 Å². The summed E-state index contributed by atoms with van der Waals surface area (Å²) in [7, 11) is 0. The molecule has 1 rings (SSSR count). The number of thiol groups is 3. The van der Waals surface area contributed by atoms with Gasteiger partial charge >= 0.3 is 0 Å². The Morgan fingerprint density at radius 3 is 2.08 bits per heavy atom. The SMILES string of the molecule is SC1=CC(S)=NN(S)N1.[Na].[Na].[Na]. The van der Waals surface area contributed by atoms with Crippen molar-refractivity contribution in [2.45, 2.75) is 0 Å². The van der Waals surface area contributed by atoms with Crippen LogP contribution in [0.2, 0.25) is 0 Å². The smallest absolute Gasteiger partial charge is 0.119 e. The summed E-state index contributed by atoms with van der Waals surface area (Å²) >= 11 is 11.9. The molecule has 0 aromatic heterocycles. The van der Waals surface area contributed by atoms with Crippen LogP contribution in [0.3, 0.4) is 0 Å². The van der Waals surface area contributed by atoms with Gasteiger partial charge in [0.05, 0.1) is 5.03 Å². The second-order valence-electron chi connectivity index (χ2n) is 1.39. The van der Waals surface area contributed by atoms with Crippen molar-refractivity contribution < 1.29 is 0 Å². The Morgan fingerprint density at radius 2 is 1.75 bits per heavy atom. The van der Waals surface area contributed by atoms with Gasteiger partial charge in [0.2, 0.25) is 0 Å². The average molecular weight is 248 g/mol. The first-order chi connectivity index (χ1) is 4.18. The predicted octanol–water partition coefficient (Wildman–Crippen LogP) is -0.476. The summed E-state index contributed by atoms with van der Waals surface area (Å²) in [4.78, 5) is 0. The molecule has 9 heteroatoms. The van der Waals surface area contributed by atoms with E-state index in [9.17, 15) is 0 Å². The minimum atomic E-state index is 0. The number of hydrazine groups is 1. The van der Waals surface area contributed by atoms with Crippen LogP contribution in [-0.4, -0.2) is 98.2 Å². The molecule has 1 aliphatic heterocycles. The van der Waals surface area contributed by atoms with Gasteiger partial charge in [-0.2, -0.15) is 0 Å². The van der Waals surface area contributed by atoms with Crippen molar-refractivity contribution in [2.24, 2.45) is 5.10 Å². The van der Waals surface area contributed by atoms with Crippen LogP contribution in [0.1, 0.15) is 0 Å². The molecule has 1 aliphatic rings. The first-order valence-electron chi connectivity index (χ1n) is 2.12. The van der Waals surface area contributed by atoms with Gasteiger partial charge in [-0.25, -0.2) is 0 Å². The molecule has 53 valence electrons. The summed E-state index contributed by atoms with van der Waals surface area (Å²) in [5, 5.41) is 5.02. The third-order valence-corrected chi connectivity index (χ3v) is 1.31. The first-order valence-corrected chi connectivity index (χ1v) is 3.42. The van der Waals surface area contributed by atoms with Crippen LogP contribution in [0.5, 0.6) is 0 Å². The maximum absolute atomic E-state index is 4.01. The van der Waals surface area contributed by atoms with Gasteiger partial charge in [-0.3, -0.25) is 5.43 Å². The molecular formula is C3H5N3Na3S3. The third kappa shape index (κ3) is 8.38. The minimum Gasteiger partial charge on any atom is -0.266 e. The fourth-order valence-electron chi connectivity index (χ4n) is 0.408. The zero-order chi connectivity index (χ0) is 6.85. The Balaban J connectivity index is -0.000000270. The van der Waals surface area contributed by atoms with Crippen molar-refractivity contribution in [2.75, 3.05) is 0 Å². The van der Waals surface area contributed by atoms with Crippen molar-refractivity contribution in [1.29, 1.82) is 0 Å². The van der Waals surface area contributed by atoms with Crippen molar-refractivity contribution in [1.82, 2.24) is 9.95 Å². The van der Waals surface area contributed by atoms with E-state index in [4.69, 9.17) is 0 Å². The van der Waals surface area contributed by atoms with E-state index < -0.39 is 0 Å². The van der Waals surface area contributed by atoms with E-state index in [1.54, 1.807) is 6.08 Å². The Morgan fingerprint density at radius 1 is 1.25 bits per heavy atom. The Bertz CT molecular complexity index is 185. The monoisotopic (exact) mass is 248 g/mol. The van der Waals surface area contributed by atoms with Crippen molar-refractivity contribution in [3.05, 3.63) is 11.1 Å². The van der Waals surface area contributed by atoms with E-state index in [0.29, 0.717) is 10.1 Å². The number of hydrazone groups is 1. The Hall–Kier alpha value is 3.06. The second kappa shape index (κ2) is 10.6. The summed E-state index contributed by atoms with van der Waals surface area (Å²) in [6, 6.07) is 0. The number of nitrogens with one attached hydrogen (secondary N) is 1. The topological polar surface area (TPSA) is 27.6 Å². The molecule has 0 spiro atoms. The van der Waals surface area contributed by atoms with E-state index in [1.165, 1.54) is 4.52 Å². The first kappa shape index (κ1) is 20.5. The molecule has 0 unspecified atom stereocenters. The van der Waals surface area contributed by atoms with Crippen LogP contribution in [-0.2, 0) is 0 Å². The number of hydrogen-bond donors (Lipinski definition) is 4. The van der Waals surface area contributed by atoms with E-state index in [2.05, 4.69) is 48.6 Å². The summed E-state index contributed by atoms with van der Waals surface area (Å²) in [6.07, 6.45) is 1.68. The molecule has 3 radical (unpaired) electrons. The predicted molar refractivity (Wildman–Crippen MR) is 64.7 cm³/mol. The molecule has 1 N–H and O–H groups in total. The molecule has 0 bridgehead atoms. The molecule has 0 aromatic carbocycles. The quantitative estimate of drug-likeness (QED) is 0.344. The molecule has 0 saturated heterocycles. The van der Waals surface area contributed by atoms with Crippen LogP contribution < -0.4 is 5.43 Å². The standard InChI is InChI=1S/C3H5N3S3.3Na/c7-2-1-3(8)5-6(9)4-2;;;/h1,4,7,9H,(H,5,8);;;.